The highest BCUT2D eigenvalue weighted by Gasteiger charge is 2.37. The van der Waals surface area contributed by atoms with E-state index in [-0.39, 0.29) is 10.6 Å². The van der Waals surface area contributed by atoms with Gasteiger partial charge in [0.1, 0.15) is 5.82 Å². The SMILES string of the molecule is CCC1(Nc2ccc(S(C)(=O)=O)cc2F)N=C(Nc2cc(C)[nH]n2)C(OC)=C(c2cnn(C)c2)N1. The lowest BCUT2D eigenvalue weighted by atomic mass is 10.1. The Morgan fingerprint density at radius 1 is 1.29 bits per heavy atom. The average Bonchev–Trinajstić information content (AvgIpc) is 3.42. The van der Waals surface area contributed by atoms with E-state index in [1.807, 2.05) is 26.1 Å². The van der Waals surface area contributed by atoms with Gasteiger partial charge in [0, 0.05) is 43.2 Å². The first-order valence-corrected chi connectivity index (χ1v) is 12.6. The normalized spacial score (nSPS) is 18.2. The first-order valence-electron chi connectivity index (χ1n) is 10.8. The van der Waals surface area contributed by atoms with E-state index < -0.39 is 21.4 Å². The third-order valence-electron chi connectivity index (χ3n) is 5.45. The van der Waals surface area contributed by atoms with Crippen molar-refractivity contribution in [1.82, 2.24) is 25.3 Å². The van der Waals surface area contributed by atoms with Gasteiger partial charge in [0.2, 0.25) is 5.79 Å². The summed E-state index contributed by atoms with van der Waals surface area (Å²) in [5.41, 5.74) is 2.24. The van der Waals surface area contributed by atoms with Crippen molar-refractivity contribution in [2.24, 2.45) is 12.0 Å². The Kier molecular flexibility index (Phi) is 6.28. The summed E-state index contributed by atoms with van der Waals surface area (Å²) in [6.45, 7) is 3.75. The molecule has 0 radical (unpaired) electrons. The molecule has 3 heterocycles. The number of rotatable bonds is 7. The van der Waals surface area contributed by atoms with Gasteiger partial charge in [-0.1, -0.05) is 6.92 Å². The second-order valence-corrected chi connectivity index (χ2v) is 10.2. The van der Waals surface area contributed by atoms with Crippen LogP contribution in [0.25, 0.3) is 5.70 Å². The molecule has 4 rings (SSSR count). The topological polar surface area (TPSA) is 138 Å². The number of amidine groups is 1. The molecule has 4 N–H and O–H groups in total. The fourth-order valence-electron chi connectivity index (χ4n) is 3.66. The van der Waals surface area contributed by atoms with Crippen LogP contribution in [0.15, 0.2) is 52.3 Å². The molecule has 0 amide bonds. The molecule has 1 unspecified atom stereocenters. The summed E-state index contributed by atoms with van der Waals surface area (Å²) in [6, 6.07) is 5.52. The van der Waals surface area contributed by atoms with E-state index >= 15 is 0 Å². The average molecular weight is 503 g/mol. The van der Waals surface area contributed by atoms with E-state index in [4.69, 9.17) is 9.73 Å². The molecule has 186 valence electrons. The molecule has 0 spiro atoms. The van der Waals surface area contributed by atoms with E-state index in [0.29, 0.717) is 29.5 Å². The Hall–Kier alpha value is -3.87. The van der Waals surface area contributed by atoms with Crippen LogP contribution < -0.4 is 16.0 Å². The molecule has 0 aliphatic carbocycles. The number of anilines is 2. The van der Waals surface area contributed by atoms with E-state index in [1.54, 1.807) is 17.9 Å². The zero-order valence-electron chi connectivity index (χ0n) is 20.0. The standard InChI is InChI=1S/C22H27FN8O3S/c1-6-22(26-17-8-7-15(10-16(17)23)35(5,32)33)27-19(14-11-24-31(3)12-14)20(34-4)21(28-22)25-18-9-13(2)29-30-18/h7-12,26-27H,6H2,1-5H3,(H2,25,28,29,30). The van der Waals surface area contributed by atoms with Crippen molar-refractivity contribution >= 4 is 32.9 Å². The van der Waals surface area contributed by atoms with Crippen LogP contribution >= 0.6 is 0 Å². The van der Waals surface area contributed by atoms with E-state index in [9.17, 15) is 12.8 Å². The number of H-pyrrole nitrogens is 1. The molecule has 0 fully saturated rings. The Balaban J connectivity index is 1.80. The molecular formula is C22H27FN8O3S. The highest BCUT2D eigenvalue weighted by atomic mass is 32.2. The van der Waals surface area contributed by atoms with Gasteiger partial charge in [-0.15, -0.1) is 0 Å². The second kappa shape index (κ2) is 9.06. The number of hydrogen-bond acceptors (Lipinski definition) is 9. The predicted molar refractivity (Wildman–Crippen MR) is 131 cm³/mol. The van der Waals surface area contributed by atoms with E-state index in [0.717, 1.165) is 23.6 Å². The largest absolute Gasteiger partial charge is 0.491 e. The molecule has 1 atom stereocenters. The lowest BCUT2D eigenvalue weighted by Crippen LogP contribution is -2.53. The number of ether oxygens (including phenoxy) is 1. The Bertz CT molecular complexity index is 1430. The first kappa shape index (κ1) is 24.3. The number of aliphatic imine (C=N–C) groups is 1. The van der Waals surface area contributed by atoms with Gasteiger partial charge in [-0.2, -0.15) is 10.2 Å². The third kappa shape index (κ3) is 4.99. The molecule has 11 nitrogen and oxygen atoms in total. The van der Waals surface area contributed by atoms with Crippen LogP contribution in [-0.2, 0) is 21.6 Å². The summed E-state index contributed by atoms with van der Waals surface area (Å²) in [4.78, 5) is 4.70. The van der Waals surface area contributed by atoms with Crippen molar-refractivity contribution < 1.29 is 17.5 Å². The molecule has 0 bridgehead atoms. The van der Waals surface area contributed by atoms with Gasteiger partial charge in [-0.05, 0) is 25.1 Å². The fraction of sp³-hybridized carbons (Fsp3) is 0.318. The highest BCUT2D eigenvalue weighted by molar-refractivity contribution is 7.90. The summed E-state index contributed by atoms with van der Waals surface area (Å²) < 4.78 is 46.0. The predicted octanol–water partition coefficient (Wildman–Crippen LogP) is 2.60. The van der Waals surface area contributed by atoms with Gasteiger partial charge < -0.3 is 20.7 Å². The number of aromatic amines is 1. The maximum absolute atomic E-state index is 15.0. The van der Waals surface area contributed by atoms with Gasteiger partial charge in [-0.25, -0.2) is 17.8 Å². The van der Waals surface area contributed by atoms with Crippen molar-refractivity contribution in [2.75, 3.05) is 24.0 Å². The van der Waals surface area contributed by atoms with Crippen LogP contribution in [0.3, 0.4) is 0 Å². The van der Waals surface area contributed by atoms with E-state index in [1.165, 1.54) is 19.2 Å². The molecule has 1 aliphatic rings. The molecule has 1 aromatic carbocycles. The maximum atomic E-state index is 15.0. The summed E-state index contributed by atoms with van der Waals surface area (Å²) in [6.07, 6.45) is 4.89. The molecule has 2 aromatic heterocycles. The van der Waals surface area contributed by atoms with Crippen molar-refractivity contribution in [2.45, 2.75) is 31.0 Å². The van der Waals surface area contributed by atoms with Crippen molar-refractivity contribution in [3.63, 3.8) is 0 Å². The van der Waals surface area contributed by atoms with Crippen LogP contribution in [0.1, 0.15) is 24.6 Å². The molecule has 13 heteroatoms. The van der Waals surface area contributed by atoms with Crippen LogP contribution in [0.4, 0.5) is 15.9 Å². The third-order valence-corrected chi connectivity index (χ3v) is 6.56. The summed E-state index contributed by atoms with van der Waals surface area (Å²) >= 11 is 0. The van der Waals surface area contributed by atoms with Crippen molar-refractivity contribution in [1.29, 1.82) is 0 Å². The van der Waals surface area contributed by atoms with Gasteiger partial charge in [0.15, 0.2) is 27.2 Å². The van der Waals surface area contributed by atoms with Crippen LogP contribution in [-0.4, -0.2) is 53.4 Å². The van der Waals surface area contributed by atoms with Gasteiger partial charge in [-0.3, -0.25) is 9.78 Å². The molecular weight excluding hydrogens is 475 g/mol. The molecule has 1 aliphatic heterocycles. The van der Waals surface area contributed by atoms with Crippen LogP contribution in [0.2, 0.25) is 0 Å². The molecule has 0 saturated heterocycles. The molecule has 0 saturated carbocycles. The summed E-state index contributed by atoms with van der Waals surface area (Å²) in [5.74, 6) is -0.637. The molecule has 3 aromatic rings. The second-order valence-electron chi connectivity index (χ2n) is 8.21. The van der Waals surface area contributed by atoms with Gasteiger partial charge in [0.25, 0.3) is 0 Å². The first-order chi connectivity index (χ1) is 16.5. The van der Waals surface area contributed by atoms with Crippen LogP contribution in [0, 0.1) is 12.7 Å². The Morgan fingerprint density at radius 2 is 2.06 bits per heavy atom. The molecule has 35 heavy (non-hydrogen) atoms. The number of aryl methyl sites for hydroxylation is 2. The minimum Gasteiger partial charge on any atom is -0.491 e. The number of methoxy groups -OCH3 is 1. The van der Waals surface area contributed by atoms with Crippen LogP contribution in [0.5, 0.6) is 0 Å². The highest BCUT2D eigenvalue weighted by Crippen LogP contribution is 2.31. The van der Waals surface area contributed by atoms with Crippen molar-refractivity contribution in [3.05, 3.63) is 59.5 Å². The lowest BCUT2D eigenvalue weighted by molar-refractivity contribution is 0.303. The van der Waals surface area contributed by atoms with Gasteiger partial charge >= 0.3 is 0 Å². The Labute approximate surface area is 202 Å². The minimum atomic E-state index is -3.55. The van der Waals surface area contributed by atoms with Crippen molar-refractivity contribution in [3.8, 4) is 0 Å². The van der Waals surface area contributed by atoms with E-state index in [2.05, 4.69) is 31.2 Å². The number of halogens is 1. The maximum Gasteiger partial charge on any atom is 0.207 e. The number of aromatic nitrogens is 4. The Morgan fingerprint density at radius 3 is 2.60 bits per heavy atom. The number of sulfone groups is 1. The minimum absolute atomic E-state index is 0.0804. The number of hydrogen-bond donors (Lipinski definition) is 4. The number of benzene rings is 1. The smallest absolute Gasteiger partial charge is 0.207 e. The summed E-state index contributed by atoms with van der Waals surface area (Å²) in [5, 5.41) is 21.0. The summed E-state index contributed by atoms with van der Waals surface area (Å²) in [7, 11) is -0.236. The lowest BCUT2D eigenvalue weighted by Gasteiger charge is -2.38. The quantitative estimate of drug-likeness (QED) is 0.387. The monoisotopic (exact) mass is 502 g/mol. The number of nitrogens with one attached hydrogen (secondary N) is 4. The van der Waals surface area contributed by atoms with Gasteiger partial charge in [0.05, 0.1) is 29.6 Å². The number of nitrogens with zero attached hydrogens (tertiary/aromatic N) is 4. The zero-order chi connectivity index (χ0) is 25.4. The zero-order valence-corrected chi connectivity index (χ0v) is 20.8. The fourth-order valence-corrected chi connectivity index (χ4v) is 4.29.